The third kappa shape index (κ3) is 12.7. The number of primary amides is 1. The molecule has 0 atom stereocenters. The standard InChI is InChI=1S/C15H16BNO3.C14H12BFO3.C14H14BNO3/c1-11(18)17-10-12-5-7-13(8-6-12)14-3-2-4-15(9-14)16(19)20;1-9(17)10-2-4-11(5-3-10)12-6-7-14(16)13(8-12)15(18)19;1-9-2-7-12(15(18)19)8-13(9)10-3-5-11(6-4-10)14(16)17/h2-9,19-20H,10H2,1H3,(H,17,18);2-8,18-19H,1H3;2-8,18-19H,1H3,(H2,16,17). The van der Waals surface area contributed by atoms with Crippen molar-refractivity contribution in [3.05, 3.63) is 162 Å². The van der Waals surface area contributed by atoms with Crippen LogP contribution in [-0.4, -0.2) is 69.1 Å². The van der Waals surface area contributed by atoms with Crippen LogP contribution in [0, 0.1) is 12.7 Å². The number of rotatable bonds is 10. The summed E-state index contributed by atoms with van der Waals surface area (Å²) >= 11 is 0. The summed E-state index contributed by atoms with van der Waals surface area (Å²) < 4.78 is 13.3. The normalized spacial score (nSPS) is 10.2. The SMILES string of the molecule is CC(=O)NCc1ccc(-c2cccc(B(O)O)c2)cc1.CC(=O)c1ccc(-c2ccc(F)c(B(O)O)c2)cc1.Cc1ccc(B(O)O)cc1-c1ccc(C(N)=O)cc1. The van der Waals surface area contributed by atoms with Gasteiger partial charge in [0.2, 0.25) is 11.8 Å². The van der Waals surface area contributed by atoms with Crippen molar-refractivity contribution in [2.75, 3.05) is 0 Å². The van der Waals surface area contributed by atoms with E-state index in [0.29, 0.717) is 34.2 Å². The quantitative estimate of drug-likeness (QED) is 0.0757. The Hall–Kier alpha value is -6.19. The Morgan fingerprint density at radius 3 is 1.64 bits per heavy atom. The number of carbonyl (C=O) groups excluding carboxylic acids is 3. The Bertz CT molecular complexity index is 2340. The van der Waals surface area contributed by atoms with E-state index in [9.17, 15) is 38.9 Å². The molecule has 0 fully saturated rings. The van der Waals surface area contributed by atoms with Gasteiger partial charge in [-0.15, -0.1) is 0 Å². The summed E-state index contributed by atoms with van der Waals surface area (Å²) in [6.45, 7) is 5.41. The Labute approximate surface area is 336 Å². The van der Waals surface area contributed by atoms with Gasteiger partial charge in [0.25, 0.3) is 0 Å². The predicted molar refractivity (Wildman–Crippen MR) is 226 cm³/mol. The van der Waals surface area contributed by atoms with Crippen LogP contribution in [0.5, 0.6) is 0 Å². The molecule has 0 heterocycles. The lowest BCUT2D eigenvalue weighted by molar-refractivity contribution is -0.119. The molecule has 0 aliphatic carbocycles. The van der Waals surface area contributed by atoms with Crippen LogP contribution >= 0.6 is 0 Å². The molecule has 0 bridgehead atoms. The van der Waals surface area contributed by atoms with Crippen molar-refractivity contribution in [3.8, 4) is 33.4 Å². The van der Waals surface area contributed by atoms with Crippen LogP contribution in [-0.2, 0) is 11.3 Å². The fraction of sp³-hybridized carbons (Fsp3) is 0.0930. The molecule has 58 heavy (non-hydrogen) atoms. The van der Waals surface area contributed by atoms with Gasteiger partial charge in [0.05, 0.1) is 0 Å². The number of hydrogen-bond donors (Lipinski definition) is 8. The molecule has 6 rings (SSSR count). The maximum atomic E-state index is 13.3. The summed E-state index contributed by atoms with van der Waals surface area (Å²) in [5, 5.41) is 57.6. The summed E-state index contributed by atoms with van der Waals surface area (Å²) in [6, 6.07) is 37.9. The summed E-state index contributed by atoms with van der Waals surface area (Å²) in [5.74, 6) is -1.22. The molecule has 0 aliphatic rings. The lowest BCUT2D eigenvalue weighted by Crippen LogP contribution is -2.32. The van der Waals surface area contributed by atoms with E-state index in [1.165, 1.54) is 26.0 Å². The molecule has 0 radical (unpaired) electrons. The van der Waals surface area contributed by atoms with Gasteiger partial charge in [-0.2, -0.15) is 0 Å². The first kappa shape index (κ1) is 44.5. The van der Waals surface area contributed by atoms with Crippen LogP contribution in [0.15, 0.2) is 133 Å². The molecule has 0 saturated heterocycles. The number of nitrogens with one attached hydrogen (secondary N) is 1. The number of carbonyl (C=O) groups is 3. The predicted octanol–water partition coefficient (Wildman–Crippen LogP) is 2.49. The fourth-order valence-electron chi connectivity index (χ4n) is 5.66. The molecular weight excluding hydrogens is 740 g/mol. The molecule has 0 unspecified atom stereocenters. The van der Waals surface area contributed by atoms with E-state index in [2.05, 4.69) is 5.32 Å². The van der Waals surface area contributed by atoms with Crippen molar-refractivity contribution in [1.29, 1.82) is 0 Å². The zero-order valence-electron chi connectivity index (χ0n) is 32.0. The number of aryl methyl sites for hydroxylation is 1. The molecule has 294 valence electrons. The third-order valence-electron chi connectivity index (χ3n) is 8.95. The molecule has 11 nitrogen and oxygen atoms in total. The van der Waals surface area contributed by atoms with E-state index in [-0.39, 0.29) is 17.2 Å². The van der Waals surface area contributed by atoms with E-state index in [4.69, 9.17) is 15.8 Å². The lowest BCUT2D eigenvalue weighted by Gasteiger charge is -2.09. The second-order valence-corrected chi connectivity index (χ2v) is 13.2. The zero-order valence-corrected chi connectivity index (χ0v) is 32.0. The molecule has 0 saturated carbocycles. The summed E-state index contributed by atoms with van der Waals surface area (Å²) in [6.07, 6.45) is 0. The van der Waals surface area contributed by atoms with Gasteiger partial charge in [-0.05, 0) is 87.5 Å². The van der Waals surface area contributed by atoms with Crippen molar-refractivity contribution in [3.63, 3.8) is 0 Å². The average Bonchev–Trinajstić information content (AvgIpc) is 3.21. The number of benzene rings is 6. The molecule has 0 aliphatic heterocycles. The first-order chi connectivity index (χ1) is 27.5. The van der Waals surface area contributed by atoms with Gasteiger partial charge >= 0.3 is 21.4 Å². The molecule has 2 amide bonds. The van der Waals surface area contributed by atoms with Gasteiger partial charge in [0, 0.05) is 30.1 Å². The maximum Gasteiger partial charge on any atom is 0.491 e. The number of Topliss-reactive ketones (excluding diaryl/α,β-unsaturated/α-hetero) is 1. The minimum atomic E-state index is -1.85. The van der Waals surface area contributed by atoms with E-state index in [1.807, 2.05) is 43.3 Å². The number of amides is 2. The summed E-state index contributed by atoms with van der Waals surface area (Å²) in [4.78, 5) is 33.0. The molecule has 6 aromatic rings. The monoisotopic (exact) mass is 782 g/mol. The second-order valence-electron chi connectivity index (χ2n) is 13.2. The van der Waals surface area contributed by atoms with Crippen LogP contribution < -0.4 is 27.4 Å². The summed E-state index contributed by atoms with van der Waals surface area (Å²) in [7, 11) is -4.81. The molecule has 0 spiro atoms. The van der Waals surface area contributed by atoms with Gasteiger partial charge in [0.15, 0.2) is 5.78 Å². The van der Waals surface area contributed by atoms with E-state index >= 15 is 0 Å². The minimum absolute atomic E-state index is 0.0304. The van der Waals surface area contributed by atoms with Crippen LogP contribution in [0.4, 0.5) is 4.39 Å². The highest BCUT2D eigenvalue weighted by Crippen LogP contribution is 2.23. The topological polar surface area (TPSA) is 211 Å². The largest absolute Gasteiger partial charge is 0.491 e. The number of nitrogens with two attached hydrogens (primary N) is 1. The van der Waals surface area contributed by atoms with E-state index in [1.54, 1.807) is 84.9 Å². The average molecular weight is 782 g/mol. The summed E-state index contributed by atoms with van der Waals surface area (Å²) in [5.41, 5.74) is 14.1. The Morgan fingerprint density at radius 2 is 1.10 bits per heavy atom. The molecule has 9 N–H and O–H groups in total. The Morgan fingerprint density at radius 1 is 0.586 bits per heavy atom. The molecule has 15 heteroatoms. The number of halogens is 1. The highest BCUT2D eigenvalue weighted by molar-refractivity contribution is 6.59. The van der Waals surface area contributed by atoms with E-state index in [0.717, 1.165) is 38.9 Å². The van der Waals surface area contributed by atoms with Crippen LogP contribution in [0.25, 0.3) is 33.4 Å². The highest BCUT2D eigenvalue weighted by Gasteiger charge is 2.18. The van der Waals surface area contributed by atoms with E-state index < -0.39 is 33.1 Å². The maximum absolute atomic E-state index is 13.3. The Kier molecular flexibility index (Phi) is 16.0. The first-order valence-corrected chi connectivity index (χ1v) is 18.0. The van der Waals surface area contributed by atoms with Crippen molar-refractivity contribution in [2.24, 2.45) is 5.73 Å². The van der Waals surface area contributed by atoms with Gasteiger partial charge < -0.3 is 41.2 Å². The zero-order chi connectivity index (χ0) is 42.5. The third-order valence-corrected chi connectivity index (χ3v) is 8.95. The minimum Gasteiger partial charge on any atom is -0.423 e. The van der Waals surface area contributed by atoms with Crippen molar-refractivity contribution < 1.29 is 48.9 Å². The number of hydrogen-bond acceptors (Lipinski definition) is 9. The second kappa shape index (κ2) is 20.8. The lowest BCUT2D eigenvalue weighted by atomic mass is 9.78. The van der Waals surface area contributed by atoms with Crippen LogP contribution in [0.1, 0.15) is 45.7 Å². The first-order valence-electron chi connectivity index (χ1n) is 18.0. The number of ketones is 1. The van der Waals surface area contributed by atoms with Gasteiger partial charge in [-0.1, -0.05) is 115 Å². The van der Waals surface area contributed by atoms with Crippen molar-refractivity contribution >= 4 is 55.3 Å². The van der Waals surface area contributed by atoms with Crippen molar-refractivity contribution in [1.82, 2.24) is 5.32 Å². The smallest absolute Gasteiger partial charge is 0.423 e. The molecule has 0 aromatic heterocycles. The highest BCUT2D eigenvalue weighted by atomic mass is 19.1. The molecule has 6 aromatic carbocycles. The van der Waals surface area contributed by atoms with Crippen LogP contribution in [0.3, 0.4) is 0 Å². The van der Waals surface area contributed by atoms with Gasteiger partial charge in [-0.3, -0.25) is 14.4 Å². The Balaban J connectivity index is 0.000000193. The van der Waals surface area contributed by atoms with Gasteiger partial charge in [0.1, 0.15) is 5.82 Å². The van der Waals surface area contributed by atoms with Gasteiger partial charge in [-0.25, -0.2) is 4.39 Å². The fourth-order valence-corrected chi connectivity index (χ4v) is 5.66. The van der Waals surface area contributed by atoms with Crippen molar-refractivity contribution in [2.45, 2.75) is 27.3 Å². The van der Waals surface area contributed by atoms with Crippen LogP contribution in [0.2, 0.25) is 0 Å². The molecular formula is C43H42B3FN2O9.